The van der Waals surface area contributed by atoms with Crippen LogP contribution in [0, 0.1) is 0 Å². The van der Waals surface area contributed by atoms with E-state index >= 15 is 0 Å². The molecule has 2 aromatic heterocycles. The van der Waals surface area contributed by atoms with Crippen molar-refractivity contribution in [2.24, 2.45) is 0 Å². The van der Waals surface area contributed by atoms with Crippen molar-refractivity contribution in [2.75, 3.05) is 14.2 Å². The SMILES string of the molecule is COc1cc(-c2ccncc2)c(-c2ccc(OCc3ccc4ccccc4n3)cc2)cc1OC. The maximum atomic E-state index is 6.01. The molecule has 0 aliphatic rings. The van der Waals surface area contributed by atoms with Crippen LogP contribution >= 0.6 is 0 Å². The maximum absolute atomic E-state index is 6.01. The van der Waals surface area contributed by atoms with Crippen LogP contribution < -0.4 is 14.2 Å². The number of ether oxygens (including phenoxy) is 3. The van der Waals surface area contributed by atoms with Gasteiger partial charge < -0.3 is 14.2 Å². The van der Waals surface area contributed by atoms with E-state index in [0.717, 1.165) is 44.6 Å². The molecule has 0 saturated heterocycles. The average Bonchev–Trinajstić information content (AvgIpc) is 2.91. The summed E-state index contributed by atoms with van der Waals surface area (Å²) in [5.74, 6) is 2.14. The van der Waals surface area contributed by atoms with E-state index in [1.807, 2.05) is 60.7 Å². The van der Waals surface area contributed by atoms with Crippen molar-refractivity contribution in [3.8, 4) is 39.5 Å². The van der Waals surface area contributed by atoms with Gasteiger partial charge in [-0.05, 0) is 70.8 Å². The van der Waals surface area contributed by atoms with E-state index in [1.165, 1.54) is 0 Å². The van der Waals surface area contributed by atoms with E-state index in [0.29, 0.717) is 18.1 Å². The topological polar surface area (TPSA) is 53.5 Å². The van der Waals surface area contributed by atoms with Gasteiger partial charge in [-0.3, -0.25) is 4.98 Å². The van der Waals surface area contributed by atoms with Crippen LogP contribution in [-0.2, 0) is 6.61 Å². The number of para-hydroxylation sites is 1. The maximum Gasteiger partial charge on any atom is 0.161 e. The number of methoxy groups -OCH3 is 2. The van der Waals surface area contributed by atoms with Crippen LogP contribution in [0.4, 0.5) is 0 Å². The highest BCUT2D eigenvalue weighted by molar-refractivity contribution is 5.86. The van der Waals surface area contributed by atoms with Crippen molar-refractivity contribution in [1.82, 2.24) is 9.97 Å². The Balaban J connectivity index is 1.42. The Hall–Kier alpha value is -4.38. The van der Waals surface area contributed by atoms with Gasteiger partial charge in [0.15, 0.2) is 11.5 Å². The van der Waals surface area contributed by atoms with Crippen LogP contribution in [0.25, 0.3) is 33.2 Å². The highest BCUT2D eigenvalue weighted by atomic mass is 16.5. The zero-order valence-corrected chi connectivity index (χ0v) is 19.1. The summed E-state index contributed by atoms with van der Waals surface area (Å²) in [5.41, 5.74) is 6.02. The second-order valence-electron chi connectivity index (χ2n) is 7.80. The van der Waals surface area contributed by atoms with Gasteiger partial charge in [-0.15, -0.1) is 0 Å². The monoisotopic (exact) mass is 448 g/mol. The molecule has 2 heterocycles. The number of rotatable bonds is 7. The number of benzene rings is 3. The van der Waals surface area contributed by atoms with E-state index in [2.05, 4.69) is 34.2 Å². The lowest BCUT2D eigenvalue weighted by molar-refractivity contribution is 0.302. The van der Waals surface area contributed by atoms with Gasteiger partial charge in [-0.2, -0.15) is 0 Å². The Morgan fingerprint density at radius 3 is 2.00 bits per heavy atom. The van der Waals surface area contributed by atoms with E-state index in [4.69, 9.17) is 14.2 Å². The molecule has 0 fully saturated rings. The second-order valence-corrected chi connectivity index (χ2v) is 7.80. The highest BCUT2D eigenvalue weighted by Gasteiger charge is 2.14. The van der Waals surface area contributed by atoms with Crippen molar-refractivity contribution < 1.29 is 14.2 Å². The van der Waals surface area contributed by atoms with Crippen LogP contribution in [-0.4, -0.2) is 24.2 Å². The van der Waals surface area contributed by atoms with Crippen molar-refractivity contribution in [1.29, 1.82) is 0 Å². The molecule has 5 heteroatoms. The summed E-state index contributed by atoms with van der Waals surface area (Å²) < 4.78 is 17.1. The number of hydrogen-bond donors (Lipinski definition) is 0. The molecule has 5 aromatic rings. The fraction of sp³-hybridized carbons (Fsp3) is 0.103. The Bertz CT molecular complexity index is 1420. The molecule has 3 aromatic carbocycles. The molecule has 0 spiro atoms. The third kappa shape index (κ3) is 4.41. The molecule has 168 valence electrons. The third-order valence-electron chi connectivity index (χ3n) is 5.72. The molecular formula is C29H24N2O3. The molecule has 34 heavy (non-hydrogen) atoms. The molecule has 0 unspecified atom stereocenters. The summed E-state index contributed by atoms with van der Waals surface area (Å²) in [4.78, 5) is 8.83. The minimum atomic E-state index is 0.406. The summed E-state index contributed by atoms with van der Waals surface area (Å²) in [6.07, 6.45) is 3.57. The van der Waals surface area contributed by atoms with E-state index in [9.17, 15) is 0 Å². The smallest absolute Gasteiger partial charge is 0.161 e. The van der Waals surface area contributed by atoms with Crippen molar-refractivity contribution >= 4 is 10.9 Å². The zero-order valence-electron chi connectivity index (χ0n) is 19.1. The van der Waals surface area contributed by atoms with Gasteiger partial charge in [-0.1, -0.05) is 36.4 Å². The lowest BCUT2D eigenvalue weighted by Crippen LogP contribution is -1.98. The second kappa shape index (κ2) is 9.63. The zero-order chi connectivity index (χ0) is 23.3. The highest BCUT2D eigenvalue weighted by Crippen LogP contribution is 2.41. The Morgan fingerprint density at radius 1 is 0.676 bits per heavy atom. The number of nitrogens with zero attached hydrogens (tertiary/aromatic N) is 2. The first-order valence-electron chi connectivity index (χ1n) is 11.0. The first-order valence-corrected chi connectivity index (χ1v) is 11.0. The number of hydrogen-bond acceptors (Lipinski definition) is 5. The minimum Gasteiger partial charge on any atom is -0.493 e. The van der Waals surface area contributed by atoms with Crippen LogP contribution in [0.2, 0.25) is 0 Å². The van der Waals surface area contributed by atoms with Crippen LogP contribution in [0.15, 0.2) is 97.3 Å². The lowest BCUT2D eigenvalue weighted by atomic mass is 9.94. The van der Waals surface area contributed by atoms with Crippen molar-refractivity contribution in [3.05, 3.63) is 103 Å². The Kier molecular flexibility index (Phi) is 6.08. The molecule has 5 nitrogen and oxygen atoms in total. The summed E-state index contributed by atoms with van der Waals surface area (Å²) in [6.45, 7) is 0.406. The van der Waals surface area contributed by atoms with Gasteiger partial charge in [0.05, 0.1) is 25.4 Å². The Morgan fingerprint density at radius 2 is 1.32 bits per heavy atom. The average molecular weight is 449 g/mol. The molecular weight excluding hydrogens is 424 g/mol. The standard InChI is InChI=1S/C29H24N2O3/c1-32-28-17-25(26(18-29(28)33-2)21-13-15-30-16-14-21)20-8-11-24(12-9-20)34-19-23-10-7-22-5-3-4-6-27(22)31-23/h3-18H,19H2,1-2H3. The summed E-state index contributed by atoms with van der Waals surface area (Å²) in [7, 11) is 3.29. The molecule has 0 atom stereocenters. The van der Waals surface area contributed by atoms with E-state index in [-0.39, 0.29) is 0 Å². The Labute approximate surface area is 198 Å². The normalized spacial score (nSPS) is 10.8. The van der Waals surface area contributed by atoms with Gasteiger partial charge >= 0.3 is 0 Å². The largest absolute Gasteiger partial charge is 0.493 e. The number of aromatic nitrogens is 2. The minimum absolute atomic E-state index is 0.406. The molecule has 0 amide bonds. The molecule has 0 saturated carbocycles. The van der Waals surface area contributed by atoms with Crippen LogP contribution in [0.3, 0.4) is 0 Å². The molecule has 5 rings (SSSR count). The first-order chi connectivity index (χ1) is 16.7. The van der Waals surface area contributed by atoms with E-state index < -0.39 is 0 Å². The first kappa shape index (κ1) is 21.5. The van der Waals surface area contributed by atoms with Gasteiger partial charge in [0, 0.05) is 17.8 Å². The number of pyridine rings is 2. The summed E-state index contributed by atoms with van der Waals surface area (Å²) in [5, 5.41) is 1.12. The predicted octanol–water partition coefficient (Wildman–Crippen LogP) is 6.56. The van der Waals surface area contributed by atoms with Gasteiger partial charge in [0.25, 0.3) is 0 Å². The molecule has 0 aliphatic carbocycles. The fourth-order valence-corrected chi connectivity index (χ4v) is 3.96. The van der Waals surface area contributed by atoms with Gasteiger partial charge in [-0.25, -0.2) is 4.98 Å². The number of fused-ring (bicyclic) bond motifs is 1. The molecule has 0 N–H and O–H groups in total. The lowest BCUT2D eigenvalue weighted by Gasteiger charge is -2.16. The fourth-order valence-electron chi connectivity index (χ4n) is 3.96. The van der Waals surface area contributed by atoms with Gasteiger partial charge in [0.2, 0.25) is 0 Å². The molecule has 0 bridgehead atoms. The van der Waals surface area contributed by atoms with Crippen LogP contribution in [0.1, 0.15) is 5.69 Å². The van der Waals surface area contributed by atoms with E-state index in [1.54, 1.807) is 26.6 Å². The van der Waals surface area contributed by atoms with Gasteiger partial charge in [0.1, 0.15) is 12.4 Å². The van der Waals surface area contributed by atoms with Crippen molar-refractivity contribution in [3.63, 3.8) is 0 Å². The third-order valence-corrected chi connectivity index (χ3v) is 5.72. The summed E-state index contributed by atoms with van der Waals surface area (Å²) in [6, 6.07) is 28.2. The van der Waals surface area contributed by atoms with Crippen molar-refractivity contribution in [2.45, 2.75) is 6.61 Å². The molecule has 0 aliphatic heterocycles. The quantitative estimate of drug-likeness (QED) is 0.282. The predicted molar refractivity (Wildman–Crippen MR) is 134 cm³/mol. The molecule has 0 radical (unpaired) electrons. The summed E-state index contributed by atoms with van der Waals surface area (Å²) >= 11 is 0. The van der Waals surface area contributed by atoms with Crippen LogP contribution in [0.5, 0.6) is 17.2 Å².